The molecule has 1 aliphatic rings. The Balaban J connectivity index is 1.88. The van der Waals surface area contributed by atoms with Crippen molar-refractivity contribution in [2.75, 3.05) is 13.3 Å². The van der Waals surface area contributed by atoms with E-state index in [0.717, 1.165) is 44.9 Å². The number of hydrogen-bond donors (Lipinski definition) is 0. The number of unbranched alkanes of at least 4 members (excludes halogenated alkanes) is 2. The summed E-state index contributed by atoms with van der Waals surface area (Å²) in [6.07, 6.45) is 4.54. The molecular formula is C19H25F5O. The van der Waals surface area contributed by atoms with Gasteiger partial charge in [0.15, 0.2) is 17.4 Å². The molecule has 0 amide bonds. The molecule has 0 aliphatic heterocycles. The first-order valence-electron chi connectivity index (χ1n) is 8.97. The highest BCUT2D eigenvalue weighted by atomic mass is 19.3. The van der Waals surface area contributed by atoms with E-state index in [-0.39, 0.29) is 12.6 Å². The van der Waals surface area contributed by atoms with Gasteiger partial charge in [-0.25, -0.2) is 17.6 Å². The quantitative estimate of drug-likeness (QED) is 0.363. The molecule has 142 valence electrons. The van der Waals surface area contributed by atoms with E-state index < -0.39 is 30.4 Å². The van der Waals surface area contributed by atoms with E-state index >= 15 is 0 Å². The van der Waals surface area contributed by atoms with Gasteiger partial charge in [-0.3, -0.25) is 4.39 Å². The molecule has 0 unspecified atom stereocenters. The first-order valence-corrected chi connectivity index (χ1v) is 8.97. The van der Waals surface area contributed by atoms with Gasteiger partial charge in [-0.2, -0.15) is 0 Å². The Hall–Kier alpha value is -1.33. The number of halogens is 5. The molecular weight excluding hydrogens is 339 g/mol. The lowest BCUT2D eigenvalue weighted by atomic mass is 9.77. The Morgan fingerprint density at radius 3 is 2.16 bits per heavy atom. The molecule has 0 atom stereocenters. The second-order valence-corrected chi connectivity index (χ2v) is 6.77. The van der Waals surface area contributed by atoms with Crippen molar-refractivity contribution >= 4 is 0 Å². The van der Waals surface area contributed by atoms with Crippen LogP contribution >= 0.6 is 0 Å². The van der Waals surface area contributed by atoms with Crippen LogP contribution in [0.15, 0.2) is 12.1 Å². The molecule has 6 heteroatoms. The Labute approximate surface area is 145 Å². The van der Waals surface area contributed by atoms with Crippen LogP contribution in [-0.4, -0.2) is 19.7 Å². The van der Waals surface area contributed by atoms with Crippen molar-refractivity contribution in [2.45, 2.75) is 63.7 Å². The van der Waals surface area contributed by atoms with Gasteiger partial charge in [0.05, 0.1) is 6.67 Å². The third-order valence-corrected chi connectivity index (χ3v) is 4.94. The Morgan fingerprint density at radius 2 is 1.60 bits per heavy atom. The second kappa shape index (κ2) is 9.97. The van der Waals surface area contributed by atoms with E-state index in [0.29, 0.717) is 17.9 Å². The molecule has 1 nitrogen and oxygen atoms in total. The molecule has 1 saturated carbocycles. The molecule has 0 saturated heterocycles. The lowest BCUT2D eigenvalue weighted by Gasteiger charge is -2.29. The van der Waals surface area contributed by atoms with Crippen LogP contribution in [0.3, 0.4) is 0 Å². The van der Waals surface area contributed by atoms with E-state index in [1.165, 1.54) is 12.1 Å². The van der Waals surface area contributed by atoms with E-state index in [1.54, 1.807) is 0 Å². The van der Waals surface area contributed by atoms with Gasteiger partial charge >= 0.3 is 0 Å². The molecule has 1 fully saturated rings. The van der Waals surface area contributed by atoms with Gasteiger partial charge in [0, 0.05) is 0 Å². The average Bonchev–Trinajstić information content (AvgIpc) is 2.58. The van der Waals surface area contributed by atoms with Crippen LogP contribution in [-0.2, 0) is 0 Å². The van der Waals surface area contributed by atoms with E-state index in [1.807, 2.05) is 0 Å². The first-order chi connectivity index (χ1) is 12.0. The lowest BCUT2D eigenvalue weighted by molar-refractivity contribution is 0.0777. The number of benzene rings is 1. The van der Waals surface area contributed by atoms with Gasteiger partial charge in [0.1, 0.15) is 6.61 Å². The van der Waals surface area contributed by atoms with Crippen LogP contribution in [0.5, 0.6) is 5.75 Å². The fraction of sp³-hybridized carbons (Fsp3) is 0.684. The van der Waals surface area contributed by atoms with Gasteiger partial charge in [-0.05, 0) is 61.6 Å². The Morgan fingerprint density at radius 1 is 0.960 bits per heavy atom. The van der Waals surface area contributed by atoms with Gasteiger partial charge in [-0.1, -0.05) is 19.3 Å². The Kier molecular flexibility index (Phi) is 7.97. The summed E-state index contributed by atoms with van der Waals surface area (Å²) in [5.74, 6) is -1.91. The van der Waals surface area contributed by atoms with E-state index in [2.05, 4.69) is 4.74 Å². The third kappa shape index (κ3) is 6.15. The number of hydrogen-bond acceptors (Lipinski definition) is 1. The number of rotatable bonds is 9. The third-order valence-electron chi connectivity index (χ3n) is 4.94. The normalized spacial score (nSPS) is 20.9. The molecule has 0 spiro atoms. The minimum Gasteiger partial charge on any atom is -0.482 e. The summed E-state index contributed by atoms with van der Waals surface area (Å²) in [6, 6.07) is 2.41. The van der Waals surface area contributed by atoms with Crippen molar-refractivity contribution in [3.63, 3.8) is 0 Å². The topological polar surface area (TPSA) is 9.23 Å². The van der Waals surface area contributed by atoms with Crippen LogP contribution in [0.1, 0.15) is 62.8 Å². The van der Waals surface area contributed by atoms with Gasteiger partial charge in [0.2, 0.25) is 0 Å². The molecule has 0 heterocycles. The first kappa shape index (κ1) is 20.0. The summed E-state index contributed by atoms with van der Waals surface area (Å²) in [7, 11) is 0. The van der Waals surface area contributed by atoms with E-state index in [9.17, 15) is 22.0 Å². The summed E-state index contributed by atoms with van der Waals surface area (Å²) in [5, 5.41) is 0. The van der Waals surface area contributed by atoms with Crippen molar-refractivity contribution in [1.29, 1.82) is 0 Å². The summed E-state index contributed by atoms with van der Waals surface area (Å²) in [4.78, 5) is 0. The minimum absolute atomic E-state index is 0.0789. The monoisotopic (exact) mass is 364 g/mol. The summed E-state index contributed by atoms with van der Waals surface area (Å²) in [5.41, 5.74) is 0.565. The van der Waals surface area contributed by atoms with Crippen molar-refractivity contribution in [3.05, 3.63) is 29.3 Å². The highest BCUT2D eigenvalue weighted by Crippen LogP contribution is 2.39. The largest absolute Gasteiger partial charge is 0.482 e. The van der Waals surface area contributed by atoms with E-state index in [4.69, 9.17) is 0 Å². The number of ether oxygens (including phenoxy) is 1. The van der Waals surface area contributed by atoms with Gasteiger partial charge < -0.3 is 4.74 Å². The second-order valence-electron chi connectivity index (χ2n) is 6.77. The predicted octanol–water partition coefficient (Wildman–Crippen LogP) is 6.41. The van der Waals surface area contributed by atoms with Crippen molar-refractivity contribution < 1.29 is 26.7 Å². The summed E-state index contributed by atoms with van der Waals surface area (Å²) < 4.78 is 68.8. The zero-order chi connectivity index (χ0) is 18.2. The maximum absolute atomic E-state index is 14.0. The van der Waals surface area contributed by atoms with Crippen molar-refractivity contribution in [1.82, 2.24) is 0 Å². The molecule has 0 N–H and O–H groups in total. The molecule has 1 aromatic carbocycles. The van der Waals surface area contributed by atoms with Crippen LogP contribution in [0.2, 0.25) is 0 Å². The number of alkyl halides is 3. The molecule has 1 aliphatic carbocycles. The Bertz CT molecular complexity index is 504. The minimum atomic E-state index is -2.78. The zero-order valence-electron chi connectivity index (χ0n) is 14.3. The van der Waals surface area contributed by atoms with Crippen LogP contribution in [0.25, 0.3) is 0 Å². The molecule has 0 bridgehead atoms. The molecule has 25 heavy (non-hydrogen) atoms. The molecule has 2 rings (SSSR count). The smallest absolute Gasteiger partial charge is 0.272 e. The SMILES string of the molecule is FCCCCCC1CCC(c2cc(F)c(OCC(F)F)c(F)c2)CC1. The highest BCUT2D eigenvalue weighted by Gasteiger charge is 2.24. The fourth-order valence-corrected chi connectivity index (χ4v) is 3.59. The zero-order valence-corrected chi connectivity index (χ0v) is 14.3. The molecule has 0 radical (unpaired) electrons. The molecule has 0 aromatic heterocycles. The molecule has 1 aromatic rings. The summed E-state index contributed by atoms with van der Waals surface area (Å²) in [6.45, 7) is -1.29. The predicted molar refractivity (Wildman–Crippen MR) is 87.0 cm³/mol. The van der Waals surface area contributed by atoms with Crippen LogP contribution < -0.4 is 4.74 Å². The highest BCUT2D eigenvalue weighted by molar-refractivity contribution is 5.33. The van der Waals surface area contributed by atoms with Crippen LogP contribution in [0, 0.1) is 17.6 Å². The van der Waals surface area contributed by atoms with Crippen LogP contribution in [0.4, 0.5) is 22.0 Å². The van der Waals surface area contributed by atoms with Gasteiger partial charge in [-0.15, -0.1) is 0 Å². The van der Waals surface area contributed by atoms with Crippen molar-refractivity contribution in [2.24, 2.45) is 5.92 Å². The summed E-state index contributed by atoms with van der Waals surface area (Å²) >= 11 is 0. The fourth-order valence-electron chi connectivity index (χ4n) is 3.59. The standard InChI is InChI=1S/C19H25F5O/c20-9-3-1-2-4-13-5-7-14(8-6-13)15-10-16(21)19(17(22)11-15)25-12-18(23)24/h10-11,13-14,18H,1-9,12H2. The lowest BCUT2D eigenvalue weighted by Crippen LogP contribution is -2.14. The van der Waals surface area contributed by atoms with Gasteiger partial charge in [0.25, 0.3) is 6.43 Å². The van der Waals surface area contributed by atoms with Crippen molar-refractivity contribution in [3.8, 4) is 5.75 Å². The maximum atomic E-state index is 14.0. The average molecular weight is 364 g/mol. The maximum Gasteiger partial charge on any atom is 0.272 e.